The smallest absolute Gasteiger partial charge is 0.329 e. The first-order valence-electron chi connectivity index (χ1n) is 11.1. The molecule has 0 bridgehead atoms. The first-order chi connectivity index (χ1) is 16.1. The van der Waals surface area contributed by atoms with Gasteiger partial charge in [-0.05, 0) is 37.1 Å². The molecule has 6 heteroatoms. The number of carbonyl (C=O) groups is 2. The number of rotatable bonds is 7. The molecule has 170 valence electrons. The molecule has 0 aliphatic carbocycles. The van der Waals surface area contributed by atoms with E-state index < -0.39 is 29.5 Å². The molecular weight excluding hydrogens is 418 g/mol. The molecule has 2 atom stereocenters. The Morgan fingerprint density at radius 3 is 1.70 bits per heavy atom. The Balaban J connectivity index is 2.02. The van der Waals surface area contributed by atoms with Gasteiger partial charge < -0.3 is 9.47 Å². The van der Waals surface area contributed by atoms with E-state index in [2.05, 4.69) is 0 Å². The minimum absolute atomic E-state index is 0.119. The van der Waals surface area contributed by atoms with Gasteiger partial charge in [0.2, 0.25) is 5.41 Å². The fraction of sp³-hybridized carbons (Fsp3) is 0.259. The topological polar surface area (TPSA) is 65.1 Å². The number of hydrogen-bond donors (Lipinski definition) is 0. The van der Waals surface area contributed by atoms with Gasteiger partial charge in [0.15, 0.2) is 0 Å². The largest absolute Gasteiger partial charge is 0.465 e. The zero-order chi connectivity index (χ0) is 23.3. The Hall–Kier alpha value is -3.64. The third kappa shape index (κ3) is 3.98. The molecule has 1 saturated heterocycles. The highest BCUT2D eigenvalue weighted by Crippen LogP contribution is 2.58. The van der Waals surface area contributed by atoms with Gasteiger partial charge in [-0.15, -0.1) is 0 Å². The van der Waals surface area contributed by atoms with Crippen molar-refractivity contribution in [2.75, 3.05) is 18.3 Å². The van der Waals surface area contributed by atoms with Crippen LogP contribution in [-0.4, -0.2) is 25.2 Å². The highest BCUT2D eigenvalue weighted by molar-refractivity contribution is 6.03. The lowest BCUT2D eigenvalue weighted by atomic mass is 9.71. The van der Waals surface area contributed by atoms with Crippen LogP contribution in [0.25, 0.3) is 0 Å². The van der Waals surface area contributed by atoms with E-state index in [0.717, 1.165) is 5.56 Å². The van der Waals surface area contributed by atoms with E-state index in [0.29, 0.717) is 11.3 Å². The van der Waals surface area contributed by atoms with Gasteiger partial charge in [-0.3, -0.25) is 14.4 Å². The van der Waals surface area contributed by atoms with Crippen molar-refractivity contribution in [3.63, 3.8) is 0 Å². The molecule has 0 unspecified atom stereocenters. The fourth-order valence-corrected chi connectivity index (χ4v) is 4.38. The van der Waals surface area contributed by atoms with Gasteiger partial charge in [0.1, 0.15) is 12.1 Å². The van der Waals surface area contributed by atoms with Crippen LogP contribution >= 0.6 is 0 Å². The number of esters is 2. The summed E-state index contributed by atoms with van der Waals surface area (Å²) in [5, 5.41) is 1.64. The molecule has 0 amide bonds. The SMILES string of the molecule is CCOC(=O)C1(C(=O)OCC)[C@H](c2ccccc2)ON(c2ccccc2)[C@@H]1c1ccccc1. The van der Waals surface area contributed by atoms with Crippen LogP contribution in [0.15, 0.2) is 91.0 Å². The van der Waals surface area contributed by atoms with E-state index in [9.17, 15) is 9.59 Å². The maximum atomic E-state index is 13.8. The highest BCUT2D eigenvalue weighted by atomic mass is 16.7. The maximum absolute atomic E-state index is 13.8. The minimum atomic E-state index is -1.79. The van der Waals surface area contributed by atoms with Gasteiger partial charge in [0.05, 0.1) is 18.9 Å². The van der Waals surface area contributed by atoms with Crippen molar-refractivity contribution in [2.45, 2.75) is 26.0 Å². The highest BCUT2D eigenvalue weighted by Gasteiger charge is 2.69. The maximum Gasteiger partial charge on any atom is 0.329 e. The second-order valence-corrected chi connectivity index (χ2v) is 7.68. The van der Waals surface area contributed by atoms with Crippen LogP contribution in [0, 0.1) is 5.41 Å². The monoisotopic (exact) mass is 445 g/mol. The summed E-state index contributed by atoms with van der Waals surface area (Å²) >= 11 is 0. The molecular formula is C27H27NO5. The van der Waals surface area contributed by atoms with Crippen LogP contribution in [0.1, 0.15) is 37.1 Å². The third-order valence-electron chi connectivity index (χ3n) is 5.75. The summed E-state index contributed by atoms with van der Waals surface area (Å²) in [6.07, 6.45) is -0.956. The molecule has 1 heterocycles. The standard InChI is InChI=1S/C27H27NO5/c1-3-31-25(29)27(26(30)32-4-2)23(20-14-8-5-9-15-20)28(22-18-12-7-13-19-22)33-24(27)21-16-10-6-11-17-21/h5-19,23-24H,3-4H2,1-2H3/t23-,24+/m1/s1. The van der Waals surface area contributed by atoms with E-state index in [-0.39, 0.29) is 13.2 Å². The van der Waals surface area contributed by atoms with Crippen LogP contribution < -0.4 is 5.06 Å². The summed E-state index contributed by atoms with van der Waals surface area (Å²) in [4.78, 5) is 34.1. The number of benzene rings is 3. The van der Waals surface area contributed by atoms with E-state index in [1.54, 1.807) is 18.9 Å². The van der Waals surface area contributed by atoms with Crippen molar-refractivity contribution >= 4 is 17.6 Å². The Labute approximate surface area is 193 Å². The van der Waals surface area contributed by atoms with E-state index >= 15 is 0 Å². The molecule has 3 aromatic carbocycles. The summed E-state index contributed by atoms with van der Waals surface area (Å²) in [6.45, 7) is 3.68. The number of ether oxygens (including phenoxy) is 2. The summed E-state index contributed by atoms with van der Waals surface area (Å²) in [6, 6.07) is 27.2. The van der Waals surface area contributed by atoms with Gasteiger partial charge in [-0.2, -0.15) is 0 Å². The van der Waals surface area contributed by atoms with Crippen LogP contribution in [0.5, 0.6) is 0 Å². The van der Waals surface area contributed by atoms with E-state index in [1.807, 2.05) is 91.0 Å². The summed E-state index contributed by atoms with van der Waals surface area (Å²) in [7, 11) is 0. The normalized spacial score (nSPS) is 19.2. The second-order valence-electron chi connectivity index (χ2n) is 7.68. The molecule has 4 rings (SSSR count). The molecule has 33 heavy (non-hydrogen) atoms. The molecule has 0 N–H and O–H groups in total. The fourth-order valence-electron chi connectivity index (χ4n) is 4.38. The predicted molar refractivity (Wildman–Crippen MR) is 124 cm³/mol. The number of hydrogen-bond acceptors (Lipinski definition) is 6. The van der Waals surface area contributed by atoms with Crippen molar-refractivity contribution in [1.82, 2.24) is 0 Å². The van der Waals surface area contributed by atoms with Gasteiger partial charge in [0, 0.05) is 0 Å². The predicted octanol–water partition coefficient (Wildman–Crippen LogP) is 5.03. The van der Waals surface area contributed by atoms with Crippen molar-refractivity contribution in [1.29, 1.82) is 0 Å². The lowest BCUT2D eigenvalue weighted by molar-refractivity contribution is -0.177. The minimum Gasteiger partial charge on any atom is -0.465 e. The molecule has 0 radical (unpaired) electrons. The molecule has 1 fully saturated rings. The molecule has 1 aliphatic rings. The van der Waals surface area contributed by atoms with Crippen molar-refractivity contribution < 1.29 is 23.9 Å². The van der Waals surface area contributed by atoms with Crippen molar-refractivity contribution in [2.24, 2.45) is 5.41 Å². The Morgan fingerprint density at radius 2 is 1.21 bits per heavy atom. The second kappa shape index (κ2) is 9.88. The van der Waals surface area contributed by atoms with Crippen molar-refractivity contribution in [3.8, 4) is 0 Å². The number of anilines is 1. The summed E-state index contributed by atoms with van der Waals surface area (Å²) < 4.78 is 11.1. The average molecular weight is 446 g/mol. The van der Waals surface area contributed by atoms with E-state index in [1.165, 1.54) is 0 Å². The molecule has 1 aliphatic heterocycles. The Kier molecular flexibility index (Phi) is 6.75. The van der Waals surface area contributed by atoms with Crippen LogP contribution in [0.4, 0.5) is 5.69 Å². The van der Waals surface area contributed by atoms with Gasteiger partial charge in [0.25, 0.3) is 0 Å². The summed E-state index contributed by atoms with van der Waals surface area (Å²) in [5.74, 6) is -1.35. The molecule has 0 saturated carbocycles. The van der Waals surface area contributed by atoms with Crippen LogP contribution in [0.2, 0.25) is 0 Å². The summed E-state index contributed by atoms with van der Waals surface area (Å²) in [5.41, 5.74) is 0.339. The zero-order valence-electron chi connectivity index (χ0n) is 18.7. The van der Waals surface area contributed by atoms with Gasteiger partial charge in [-0.25, -0.2) is 5.06 Å². The number of para-hydroxylation sites is 1. The Morgan fingerprint density at radius 1 is 0.758 bits per heavy atom. The Bertz CT molecular complexity index is 1050. The van der Waals surface area contributed by atoms with E-state index in [4.69, 9.17) is 14.3 Å². The first-order valence-corrected chi connectivity index (χ1v) is 11.1. The van der Waals surface area contributed by atoms with Crippen LogP contribution in [0.3, 0.4) is 0 Å². The number of nitrogens with zero attached hydrogens (tertiary/aromatic N) is 1. The zero-order valence-corrected chi connectivity index (χ0v) is 18.7. The quantitative estimate of drug-likeness (QED) is 0.375. The molecule has 3 aromatic rings. The lowest BCUT2D eigenvalue weighted by Gasteiger charge is -2.34. The third-order valence-corrected chi connectivity index (χ3v) is 5.75. The van der Waals surface area contributed by atoms with Gasteiger partial charge >= 0.3 is 11.9 Å². The molecule has 0 aromatic heterocycles. The number of carbonyl (C=O) groups excluding carboxylic acids is 2. The molecule has 0 spiro atoms. The lowest BCUT2D eigenvalue weighted by Crippen LogP contribution is -2.49. The average Bonchev–Trinajstić information content (AvgIpc) is 3.23. The molecule has 6 nitrogen and oxygen atoms in total. The first kappa shape index (κ1) is 22.6. The number of hydroxylamine groups is 1. The van der Waals surface area contributed by atoms with Crippen LogP contribution in [-0.2, 0) is 23.9 Å². The van der Waals surface area contributed by atoms with Crippen molar-refractivity contribution in [3.05, 3.63) is 102 Å². The van der Waals surface area contributed by atoms with Gasteiger partial charge in [-0.1, -0.05) is 78.9 Å².